The predicted octanol–water partition coefficient (Wildman–Crippen LogP) is 3.51. The van der Waals surface area contributed by atoms with Gasteiger partial charge in [0.05, 0.1) is 47.4 Å². The maximum absolute atomic E-state index is 12.9. The number of hydrogen-bond acceptors (Lipinski definition) is 9. The molecule has 1 fully saturated rings. The van der Waals surface area contributed by atoms with Crippen LogP contribution in [0.3, 0.4) is 0 Å². The first-order chi connectivity index (χ1) is 17.4. The van der Waals surface area contributed by atoms with Crippen LogP contribution < -0.4 is 0 Å². The van der Waals surface area contributed by atoms with Crippen LogP contribution in [0.1, 0.15) is 58.5 Å². The van der Waals surface area contributed by atoms with Crippen LogP contribution >= 0.6 is 23.1 Å². The number of aromatic nitrogens is 1. The molecule has 2 aliphatic heterocycles. The van der Waals surface area contributed by atoms with Crippen molar-refractivity contribution in [3.05, 3.63) is 32.1 Å². The molecule has 37 heavy (non-hydrogen) atoms. The first kappa shape index (κ1) is 29.2. The van der Waals surface area contributed by atoms with Crippen molar-refractivity contribution in [2.45, 2.75) is 78.8 Å². The maximum Gasteiger partial charge on any atom is 0.410 e. The van der Waals surface area contributed by atoms with Crippen molar-refractivity contribution < 1.29 is 34.4 Å². The van der Waals surface area contributed by atoms with Crippen LogP contribution in [0.15, 0.2) is 21.5 Å². The van der Waals surface area contributed by atoms with E-state index < -0.39 is 41.4 Å². The average molecular weight is 554 g/mol. The summed E-state index contributed by atoms with van der Waals surface area (Å²) < 4.78 is 5.61. The minimum Gasteiger partial charge on any atom is -0.477 e. The fraction of sp³-hybridized carbons (Fsp3) is 0.600. The fourth-order valence-electron chi connectivity index (χ4n) is 5.22. The molecule has 1 aromatic rings. The highest BCUT2D eigenvalue weighted by atomic mass is 32.2. The Hall–Kier alpha value is -2.41. The summed E-state index contributed by atoms with van der Waals surface area (Å²) >= 11 is 2.51. The molecule has 0 aliphatic carbocycles. The van der Waals surface area contributed by atoms with E-state index in [2.05, 4.69) is 4.98 Å². The SMILES string of the molecule is CC(C)N(C(=O)OCC[C@@]1(C)C(S/C=C\c2scnc2CO)=C(C(=O)O)N2C(=O)[C@H]([C@@H](C)O)[C@H]21)C(C)C. The number of rotatable bonds is 11. The average Bonchev–Trinajstić information content (AvgIpc) is 3.32. The second-order valence-corrected chi connectivity index (χ2v) is 11.8. The quantitative estimate of drug-likeness (QED) is 0.351. The zero-order valence-corrected chi connectivity index (χ0v) is 23.5. The Balaban J connectivity index is 1.91. The van der Waals surface area contributed by atoms with Crippen molar-refractivity contribution in [3.63, 3.8) is 0 Å². The van der Waals surface area contributed by atoms with Crippen molar-refractivity contribution >= 4 is 47.1 Å². The molecule has 3 heterocycles. The van der Waals surface area contributed by atoms with Crippen LogP contribution in [0.5, 0.6) is 0 Å². The van der Waals surface area contributed by atoms with Crippen molar-refractivity contribution in [1.82, 2.24) is 14.8 Å². The van der Waals surface area contributed by atoms with Gasteiger partial charge in [0.2, 0.25) is 5.91 Å². The third-order valence-corrected chi connectivity index (χ3v) is 8.89. The number of β-lactam (4-membered cyclic amide) rings is 1. The molecular formula is C25H35N3O7S2. The van der Waals surface area contributed by atoms with Gasteiger partial charge < -0.3 is 29.9 Å². The van der Waals surface area contributed by atoms with E-state index in [1.54, 1.807) is 21.9 Å². The minimum atomic E-state index is -1.24. The van der Waals surface area contributed by atoms with Crippen LogP contribution in [-0.4, -0.2) is 78.9 Å². The van der Waals surface area contributed by atoms with E-state index in [1.807, 2.05) is 34.6 Å². The second-order valence-electron chi connectivity index (χ2n) is 10.0. The van der Waals surface area contributed by atoms with Gasteiger partial charge in [-0.25, -0.2) is 14.6 Å². The molecule has 0 aromatic carbocycles. The highest BCUT2D eigenvalue weighted by molar-refractivity contribution is 8.06. The monoisotopic (exact) mass is 553 g/mol. The molecule has 4 atom stereocenters. The molecule has 10 nitrogen and oxygen atoms in total. The maximum atomic E-state index is 12.9. The molecule has 3 N–H and O–H groups in total. The summed E-state index contributed by atoms with van der Waals surface area (Å²) in [7, 11) is 0. The standard InChI is InChI=1S/C25H35N3O7S2/c1-13(2)27(14(3)4)24(34)35-9-8-25(6)20-18(15(5)30)22(31)28(20)19(23(32)33)21(25)36-10-7-17-16(11-29)26-12-37-17/h7,10,12-15,18,20,29-30H,8-9,11H2,1-6H3,(H,32,33)/b10-7-/t15-,18-,20+,25-/m1/s1. The zero-order chi connectivity index (χ0) is 27.7. The Morgan fingerprint density at radius 1 is 1.30 bits per heavy atom. The van der Waals surface area contributed by atoms with Gasteiger partial charge in [0.15, 0.2) is 0 Å². The molecule has 0 radical (unpaired) electrons. The van der Waals surface area contributed by atoms with Gasteiger partial charge in [0, 0.05) is 22.4 Å². The minimum absolute atomic E-state index is 0.0144. The van der Waals surface area contributed by atoms with Crippen LogP contribution in [-0.2, 0) is 20.9 Å². The van der Waals surface area contributed by atoms with Crippen LogP contribution in [0.2, 0.25) is 0 Å². The molecule has 204 valence electrons. The molecule has 1 aromatic heterocycles. The van der Waals surface area contributed by atoms with Crippen molar-refractivity contribution in [1.29, 1.82) is 0 Å². The number of thioether (sulfide) groups is 1. The number of fused-ring (bicyclic) bond motifs is 1. The summed E-state index contributed by atoms with van der Waals surface area (Å²) in [5.74, 6) is -2.43. The highest BCUT2D eigenvalue weighted by Gasteiger charge is 2.65. The van der Waals surface area contributed by atoms with Gasteiger partial charge in [-0.15, -0.1) is 11.3 Å². The van der Waals surface area contributed by atoms with Gasteiger partial charge in [-0.2, -0.15) is 0 Å². The van der Waals surface area contributed by atoms with Gasteiger partial charge in [-0.3, -0.25) is 4.79 Å². The number of ether oxygens (including phenoxy) is 1. The van der Waals surface area contributed by atoms with Crippen molar-refractivity contribution in [2.24, 2.45) is 11.3 Å². The van der Waals surface area contributed by atoms with E-state index in [0.29, 0.717) is 10.6 Å². The summed E-state index contributed by atoms with van der Waals surface area (Å²) in [6.45, 7) is 10.8. The predicted molar refractivity (Wildman–Crippen MR) is 141 cm³/mol. The number of hydrogen-bond donors (Lipinski definition) is 3. The number of aliphatic carboxylic acids is 1. The number of carbonyl (C=O) groups excluding carboxylic acids is 2. The summed E-state index contributed by atoms with van der Waals surface area (Å²) in [6.07, 6.45) is 0.578. The van der Waals surface area contributed by atoms with Crippen molar-refractivity contribution in [2.75, 3.05) is 6.61 Å². The van der Waals surface area contributed by atoms with Crippen LogP contribution in [0, 0.1) is 11.3 Å². The number of aliphatic hydroxyl groups excluding tert-OH is 2. The number of thiazole rings is 1. The van der Waals surface area contributed by atoms with E-state index in [0.717, 1.165) is 4.88 Å². The van der Waals surface area contributed by atoms with E-state index in [4.69, 9.17) is 4.74 Å². The third kappa shape index (κ3) is 5.43. The van der Waals surface area contributed by atoms with E-state index in [1.165, 1.54) is 34.9 Å². The molecule has 2 amide bonds. The molecule has 0 saturated carbocycles. The lowest BCUT2D eigenvalue weighted by atomic mass is 9.68. The van der Waals surface area contributed by atoms with E-state index in [9.17, 15) is 29.7 Å². The zero-order valence-electron chi connectivity index (χ0n) is 21.9. The Kier molecular flexibility index (Phi) is 9.10. The summed E-state index contributed by atoms with van der Waals surface area (Å²) in [5, 5.41) is 31.6. The molecule has 0 spiro atoms. The summed E-state index contributed by atoms with van der Waals surface area (Å²) in [5.41, 5.74) is 1.13. The fourth-order valence-corrected chi connectivity index (χ4v) is 7.13. The Bertz CT molecular complexity index is 1090. The number of nitrogens with zero attached hydrogens (tertiary/aromatic N) is 3. The summed E-state index contributed by atoms with van der Waals surface area (Å²) in [4.78, 5) is 46.2. The lowest BCUT2D eigenvalue weighted by Crippen LogP contribution is -2.66. The number of carboxylic acid groups (broad SMARTS) is 1. The number of carbonyl (C=O) groups is 3. The molecule has 2 aliphatic rings. The number of carboxylic acids is 1. The molecule has 0 bridgehead atoms. The molecular weight excluding hydrogens is 518 g/mol. The van der Waals surface area contributed by atoms with Crippen LogP contribution in [0.4, 0.5) is 4.79 Å². The first-order valence-electron chi connectivity index (χ1n) is 12.2. The molecule has 0 unspecified atom stereocenters. The Labute approximate surface area is 225 Å². The van der Waals surface area contributed by atoms with E-state index >= 15 is 0 Å². The molecule has 1 saturated heterocycles. The Morgan fingerprint density at radius 3 is 2.49 bits per heavy atom. The largest absolute Gasteiger partial charge is 0.477 e. The molecule has 12 heteroatoms. The van der Waals surface area contributed by atoms with Gasteiger partial charge >= 0.3 is 12.1 Å². The lowest BCUT2D eigenvalue weighted by molar-refractivity contribution is -0.167. The van der Waals surface area contributed by atoms with Gasteiger partial charge in [-0.05, 0) is 52.5 Å². The Morgan fingerprint density at radius 2 is 1.95 bits per heavy atom. The second kappa shape index (κ2) is 11.5. The van der Waals surface area contributed by atoms with Crippen LogP contribution in [0.25, 0.3) is 6.08 Å². The van der Waals surface area contributed by atoms with Gasteiger partial charge in [0.25, 0.3) is 0 Å². The van der Waals surface area contributed by atoms with Crippen molar-refractivity contribution in [3.8, 4) is 0 Å². The van der Waals surface area contributed by atoms with E-state index in [-0.39, 0.29) is 37.4 Å². The number of amides is 2. The van der Waals surface area contributed by atoms with Gasteiger partial charge in [0.1, 0.15) is 5.70 Å². The molecule has 3 rings (SSSR count). The summed E-state index contributed by atoms with van der Waals surface area (Å²) in [6, 6.07) is -0.693. The third-order valence-electron chi connectivity index (χ3n) is 6.89. The number of aliphatic hydroxyl groups is 2. The topological polar surface area (TPSA) is 140 Å². The normalized spacial score (nSPS) is 24.2. The lowest BCUT2D eigenvalue weighted by Gasteiger charge is -2.50. The first-order valence-corrected chi connectivity index (χ1v) is 13.9. The smallest absolute Gasteiger partial charge is 0.410 e. The van der Waals surface area contributed by atoms with Gasteiger partial charge in [-0.1, -0.05) is 18.7 Å². The highest BCUT2D eigenvalue weighted by Crippen LogP contribution is 2.59.